The lowest BCUT2D eigenvalue weighted by molar-refractivity contribution is 0.629. The molecular formula is C11H10FN. The van der Waals surface area contributed by atoms with Gasteiger partial charge in [-0.2, -0.15) is 0 Å². The molecule has 0 bridgehead atoms. The zero-order chi connectivity index (χ0) is 9.42. The number of hydrogen-bond acceptors (Lipinski definition) is 1. The summed E-state index contributed by atoms with van der Waals surface area (Å²) in [7, 11) is 0. The summed E-state index contributed by atoms with van der Waals surface area (Å²) in [6.07, 6.45) is 1.77. The second kappa shape index (κ2) is 2.80. The van der Waals surface area contributed by atoms with Gasteiger partial charge in [0.25, 0.3) is 0 Å². The number of aromatic nitrogens is 1. The molecule has 0 saturated heterocycles. The highest BCUT2D eigenvalue weighted by atomic mass is 19.1. The SMILES string of the molecule is Cc1ncc2ccc(F)cc2c1C. The number of pyridine rings is 1. The maximum atomic E-state index is 12.9. The summed E-state index contributed by atoms with van der Waals surface area (Å²) in [6, 6.07) is 4.77. The summed E-state index contributed by atoms with van der Waals surface area (Å²) in [5, 5.41) is 1.94. The normalized spacial score (nSPS) is 10.7. The van der Waals surface area contributed by atoms with Gasteiger partial charge in [-0.25, -0.2) is 4.39 Å². The Bertz CT molecular complexity index is 458. The van der Waals surface area contributed by atoms with E-state index in [1.54, 1.807) is 18.3 Å². The molecule has 1 heterocycles. The summed E-state index contributed by atoms with van der Waals surface area (Å²) in [5.41, 5.74) is 2.01. The Morgan fingerprint density at radius 1 is 1.23 bits per heavy atom. The van der Waals surface area contributed by atoms with Crippen LogP contribution in [0.3, 0.4) is 0 Å². The predicted molar refractivity (Wildman–Crippen MR) is 51.2 cm³/mol. The van der Waals surface area contributed by atoms with Gasteiger partial charge in [-0.05, 0) is 43.0 Å². The van der Waals surface area contributed by atoms with Crippen molar-refractivity contribution in [3.63, 3.8) is 0 Å². The molecular weight excluding hydrogens is 165 g/mol. The molecule has 66 valence electrons. The van der Waals surface area contributed by atoms with E-state index >= 15 is 0 Å². The third-order valence-electron chi connectivity index (χ3n) is 2.36. The van der Waals surface area contributed by atoms with Crippen LogP contribution in [0.1, 0.15) is 11.3 Å². The summed E-state index contributed by atoms with van der Waals surface area (Å²) in [4.78, 5) is 4.21. The van der Waals surface area contributed by atoms with E-state index in [1.165, 1.54) is 6.07 Å². The van der Waals surface area contributed by atoms with Crippen LogP contribution < -0.4 is 0 Å². The summed E-state index contributed by atoms with van der Waals surface area (Å²) >= 11 is 0. The van der Waals surface area contributed by atoms with Crippen LogP contribution in [0.5, 0.6) is 0 Å². The molecule has 2 heteroatoms. The van der Waals surface area contributed by atoms with E-state index in [0.717, 1.165) is 22.0 Å². The zero-order valence-corrected chi connectivity index (χ0v) is 7.63. The first-order chi connectivity index (χ1) is 6.18. The molecule has 0 spiro atoms. The van der Waals surface area contributed by atoms with Gasteiger partial charge < -0.3 is 0 Å². The van der Waals surface area contributed by atoms with Crippen LogP contribution >= 0.6 is 0 Å². The molecule has 0 radical (unpaired) electrons. The van der Waals surface area contributed by atoms with E-state index in [9.17, 15) is 4.39 Å². The molecule has 0 amide bonds. The standard InChI is InChI=1S/C11H10FN/c1-7-8(2)13-6-9-3-4-10(12)5-11(7)9/h3-6H,1-2H3. The molecule has 0 saturated carbocycles. The Kier molecular flexibility index (Phi) is 1.76. The number of benzene rings is 1. The topological polar surface area (TPSA) is 12.9 Å². The van der Waals surface area contributed by atoms with E-state index in [-0.39, 0.29) is 5.82 Å². The van der Waals surface area contributed by atoms with E-state index in [2.05, 4.69) is 4.98 Å². The molecule has 0 aliphatic carbocycles. The number of halogens is 1. The van der Waals surface area contributed by atoms with E-state index < -0.39 is 0 Å². The lowest BCUT2D eigenvalue weighted by Crippen LogP contribution is -1.88. The van der Waals surface area contributed by atoms with Crippen LogP contribution in [0.2, 0.25) is 0 Å². The highest BCUT2D eigenvalue weighted by Gasteiger charge is 2.01. The van der Waals surface area contributed by atoms with E-state index in [0.29, 0.717) is 0 Å². The van der Waals surface area contributed by atoms with Crippen molar-refractivity contribution in [3.05, 3.63) is 41.5 Å². The van der Waals surface area contributed by atoms with E-state index in [1.807, 2.05) is 13.8 Å². The fourth-order valence-corrected chi connectivity index (χ4v) is 1.42. The van der Waals surface area contributed by atoms with Crippen LogP contribution in [0.15, 0.2) is 24.4 Å². The van der Waals surface area contributed by atoms with Gasteiger partial charge in [0.1, 0.15) is 5.82 Å². The van der Waals surface area contributed by atoms with E-state index in [4.69, 9.17) is 0 Å². The maximum Gasteiger partial charge on any atom is 0.123 e. The summed E-state index contributed by atoms with van der Waals surface area (Å²) in [5.74, 6) is -0.193. The summed E-state index contributed by atoms with van der Waals surface area (Å²) < 4.78 is 12.9. The van der Waals surface area contributed by atoms with Crippen molar-refractivity contribution in [2.45, 2.75) is 13.8 Å². The molecule has 1 aromatic heterocycles. The molecule has 2 aromatic rings. The van der Waals surface area contributed by atoms with Gasteiger partial charge in [-0.15, -0.1) is 0 Å². The lowest BCUT2D eigenvalue weighted by atomic mass is 10.1. The smallest absolute Gasteiger partial charge is 0.123 e. The lowest BCUT2D eigenvalue weighted by Gasteiger charge is -2.04. The number of fused-ring (bicyclic) bond motifs is 1. The Hall–Kier alpha value is -1.44. The minimum atomic E-state index is -0.193. The number of rotatable bonds is 0. The highest BCUT2D eigenvalue weighted by molar-refractivity contribution is 5.85. The molecule has 0 N–H and O–H groups in total. The van der Waals surface area contributed by atoms with Crippen molar-refractivity contribution in [3.8, 4) is 0 Å². The Labute approximate surface area is 76.2 Å². The quantitative estimate of drug-likeness (QED) is 0.599. The van der Waals surface area contributed by atoms with Gasteiger partial charge in [0.2, 0.25) is 0 Å². The van der Waals surface area contributed by atoms with Gasteiger partial charge in [0, 0.05) is 17.3 Å². The van der Waals surface area contributed by atoms with Crippen LogP contribution in [-0.4, -0.2) is 4.98 Å². The number of aryl methyl sites for hydroxylation is 2. The second-order valence-electron chi connectivity index (χ2n) is 3.20. The Balaban J connectivity index is 2.89. The van der Waals surface area contributed by atoms with Crippen molar-refractivity contribution < 1.29 is 4.39 Å². The minimum absolute atomic E-state index is 0.193. The van der Waals surface area contributed by atoms with Crippen molar-refractivity contribution in [2.24, 2.45) is 0 Å². The molecule has 0 aliphatic rings. The van der Waals surface area contributed by atoms with Crippen molar-refractivity contribution in [1.82, 2.24) is 4.98 Å². The van der Waals surface area contributed by atoms with Gasteiger partial charge in [0.05, 0.1) is 0 Å². The molecule has 2 rings (SSSR count). The largest absolute Gasteiger partial charge is 0.261 e. The summed E-state index contributed by atoms with van der Waals surface area (Å²) in [6.45, 7) is 3.89. The monoisotopic (exact) mass is 175 g/mol. The average molecular weight is 175 g/mol. The first-order valence-electron chi connectivity index (χ1n) is 4.20. The van der Waals surface area contributed by atoms with Gasteiger partial charge in [0.15, 0.2) is 0 Å². The van der Waals surface area contributed by atoms with Gasteiger partial charge in [-0.3, -0.25) is 4.98 Å². The van der Waals surface area contributed by atoms with Crippen LogP contribution in [-0.2, 0) is 0 Å². The third kappa shape index (κ3) is 1.28. The molecule has 0 atom stereocenters. The molecule has 1 aromatic carbocycles. The van der Waals surface area contributed by atoms with Crippen molar-refractivity contribution in [2.75, 3.05) is 0 Å². The molecule has 13 heavy (non-hydrogen) atoms. The predicted octanol–water partition coefficient (Wildman–Crippen LogP) is 2.99. The van der Waals surface area contributed by atoms with Crippen LogP contribution in [0.25, 0.3) is 10.8 Å². The molecule has 0 unspecified atom stereocenters. The third-order valence-corrected chi connectivity index (χ3v) is 2.36. The average Bonchev–Trinajstić information content (AvgIpc) is 2.12. The zero-order valence-electron chi connectivity index (χ0n) is 7.63. The minimum Gasteiger partial charge on any atom is -0.261 e. The second-order valence-corrected chi connectivity index (χ2v) is 3.20. The molecule has 0 fully saturated rings. The van der Waals surface area contributed by atoms with Crippen molar-refractivity contribution >= 4 is 10.8 Å². The number of hydrogen-bond donors (Lipinski definition) is 0. The fourth-order valence-electron chi connectivity index (χ4n) is 1.42. The van der Waals surface area contributed by atoms with Crippen LogP contribution in [0.4, 0.5) is 4.39 Å². The first-order valence-corrected chi connectivity index (χ1v) is 4.20. The fraction of sp³-hybridized carbons (Fsp3) is 0.182. The maximum absolute atomic E-state index is 12.9. The van der Waals surface area contributed by atoms with Crippen molar-refractivity contribution in [1.29, 1.82) is 0 Å². The molecule has 1 nitrogen and oxygen atoms in total. The number of nitrogens with zero attached hydrogens (tertiary/aromatic N) is 1. The Morgan fingerprint density at radius 2 is 2.00 bits per heavy atom. The molecule has 0 aliphatic heterocycles. The highest BCUT2D eigenvalue weighted by Crippen LogP contribution is 2.20. The first kappa shape index (κ1) is 8.17. The van der Waals surface area contributed by atoms with Crippen LogP contribution in [0, 0.1) is 19.7 Å². The Morgan fingerprint density at radius 3 is 2.77 bits per heavy atom. The van der Waals surface area contributed by atoms with Gasteiger partial charge in [-0.1, -0.05) is 0 Å². The van der Waals surface area contributed by atoms with Gasteiger partial charge >= 0.3 is 0 Å².